The van der Waals surface area contributed by atoms with Crippen LogP contribution in [0.5, 0.6) is 5.75 Å². The van der Waals surface area contributed by atoms with Crippen LogP contribution in [0.1, 0.15) is 44.7 Å². The van der Waals surface area contributed by atoms with Gasteiger partial charge in [0, 0.05) is 31.3 Å². The minimum atomic E-state index is -0.567. The van der Waals surface area contributed by atoms with E-state index < -0.39 is 17.5 Å². The molecule has 198 valence electrons. The number of carbonyl (C=O) groups excluding carboxylic acids is 2. The molecule has 37 heavy (non-hydrogen) atoms. The van der Waals surface area contributed by atoms with Gasteiger partial charge in [-0.15, -0.1) is 0 Å². The van der Waals surface area contributed by atoms with Crippen LogP contribution in [0, 0.1) is 5.82 Å². The molecule has 3 aliphatic heterocycles. The molecule has 2 amide bonds. The molecule has 2 bridgehead atoms. The largest absolute Gasteiger partial charge is 0.488 e. The van der Waals surface area contributed by atoms with E-state index in [1.807, 2.05) is 60.9 Å². The zero-order valence-corrected chi connectivity index (χ0v) is 21.4. The van der Waals surface area contributed by atoms with Gasteiger partial charge in [-0.05, 0) is 39.2 Å². The van der Waals surface area contributed by atoms with Crippen LogP contribution in [0.4, 0.5) is 19.8 Å². The second-order valence-corrected chi connectivity index (χ2v) is 10.8. The molecule has 2 saturated heterocycles. The van der Waals surface area contributed by atoms with Crippen molar-refractivity contribution >= 4 is 18.0 Å². The lowest BCUT2D eigenvalue weighted by Crippen LogP contribution is -2.57. The Bertz CT molecular complexity index is 1140. The third-order valence-corrected chi connectivity index (χ3v) is 6.85. The molecule has 1 N–H and O–H groups in total. The van der Waals surface area contributed by atoms with E-state index in [9.17, 15) is 9.59 Å². The summed E-state index contributed by atoms with van der Waals surface area (Å²) in [5, 5.41) is 2.78. The average Bonchev–Trinajstić information content (AvgIpc) is 3.12. The first-order chi connectivity index (χ1) is 17.7. The summed E-state index contributed by atoms with van der Waals surface area (Å²) in [6.45, 7) is 6.81. The van der Waals surface area contributed by atoms with E-state index in [2.05, 4.69) is 10.3 Å². The molecular formula is C27H33FN4O5. The zero-order chi connectivity index (χ0) is 26.2. The van der Waals surface area contributed by atoms with E-state index in [0.29, 0.717) is 25.1 Å². The van der Waals surface area contributed by atoms with Gasteiger partial charge in [0.25, 0.3) is 0 Å². The van der Waals surface area contributed by atoms with E-state index in [1.165, 1.54) is 0 Å². The summed E-state index contributed by atoms with van der Waals surface area (Å²) in [4.78, 5) is 33.1. The monoisotopic (exact) mass is 512 g/mol. The Hall–Kier alpha value is -3.56. The molecule has 3 unspecified atom stereocenters. The number of carbonyl (C=O) groups is 2. The van der Waals surface area contributed by atoms with Crippen molar-refractivity contribution in [3.63, 3.8) is 0 Å². The van der Waals surface area contributed by atoms with Crippen molar-refractivity contribution in [2.45, 2.75) is 70.4 Å². The minimum absolute atomic E-state index is 0.0535. The fourth-order valence-electron chi connectivity index (χ4n) is 5.24. The standard InChI is InChI=1S/C27H33FN4O5/c1-27(2,3)37-26(34)32-20-9-10-21(32)14-31(13-20)24-22(28)23-18(12-29-24)11-19(16-35-23)30-25(33)36-15-17-7-5-4-6-8-17/h4-8,12,19-21H,9-11,13-16H2,1-3H3,(H,30,33). The van der Waals surface area contributed by atoms with E-state index in [4.69, 9.17) is 14.2 Å². The second kappa shape index (κ2) is 10.1. The van der Waals surface area contributed by atoms with Crippen LogP contribution in [0.15, 0.2) is 36.5 Å². The third-order valence-electron chi connectivity index (χ3n) is 6.85. The molecule has 2 fully saturated rings. The zero-order valence-electron chi connectivity index (χ0n) is 21.4. The lowest BCUT2D eigenvalue weighted by atomic mass is 10.0. The molecule has 10 heteroatoms. The fourth-order valence-corrected chi connectivity index (χ4v) is 5.24. The number of halogens is 1. The van der Waals surface area contributed by atoms with Crippen LogP contribution in [0.3, 0.4) is 0 Å². The number of fused-ring (bicyclic) bond motifs is 3. The Labute approximate surface area is 215 Å². The van der Waals surface area contributed by atoms with Crippen LogP contribution in [-0.2, 0) is 22.5 Å². The summed E-state index contributed by atoms with van der Waals surface area (Å²) in [6.07, 6.45) is 2.82. The van der Waals surface area contributed by atoms with Gasteiger partial charge >= 0.3 is 12.2 Å². The Kier molecular flexibility index (Phi) is 6.83. The molecule has 3 aliphatic rings. The van der Waals surface area contributed by atoms with Gasteiger partial charge in [-0.2, -0.15) is 4.39 Å². The fraction of sp³-hybridized carbons (Fsp3) is 0.519. The molecular weight excluding hydrogens is 479 g/mol. The number of benzene rings is 1. The number of nitrogens with zero attached hydrogens (tertiary/aromatic N) is 3. The maximum Gasteiger partial charge on any atom is 0.410 e. The number of nitrogens with one attached hydrogen (secondary N) is 1. The Morgan fingerprint density at radius 1 is 1.16 bits per heavy atom. The van der Waals surface area contributed by atoms with Crippen molar-refractivity contribution in [2.24, 2.45) is 0 Å². The minimum Gasteiger partial charge on any atom is -0.488 e. The molecule has 0 aliphatic carbocycles. The van der Waals surface area contributed by atoms with Crippen molar-refractivity contribution in [2.75, 3.05) is 24.6 Å². The van der Waals surface area contributed by atoms with Crippen LogP contribution < -0.4 is 15.0 Å². The predicted octanol–water partition coefficient (Wildman–Crippen LogP) is 4.04. The van der Waals surface area contributed by atoms with Crippen molar-refractivity contribution in [3.05, 3.63) is 53.5 Å². The number of aromatic nitrogens is 1. The lowest BCUT2D eigenvalue weighted by Gasteiger charge is -2.42. The maximum atomic E-state index is 15.5. The highest BCUT2D eigenvalue weighted by Crippen LogP contribution is 2.37. The van der Waals surface area contributed by atoms with E-state index in [-0.39, 0.29) is 49.0 Å². The van der Waals surface area contributed by atoms with Gasteiger partial charge in [0.15, 0.2) is 11.6 Å². The molecule has 1 aromatic heterocycles. The van der Waals surface area contributed by atoms with Crippen LogP contribution >= 0.6 is 0 Å². The molecule has 1 aromatic carbocycles. The van der Waals surface area contributed by atoms with Crippen LogP contribution in [0.25, 0.3) is 0 Å². The van der Waals surface area contributed by atoms with E-state index >= 15 is 4.39 Å². The summed E-state index contributed by atoms with van der Waals surface area (Å²) in [5.41, 5.74) is 0.918. The molecule has 0 radical (unpaired) electrons. The number of pyridine rings is 1. The molecule has 2 aromatic rings. The molecule has 0 spiro atoms. The molecule has 5 rings (SSSR count). The Morgan fingerprint density at radius 3 is 2.54 bits per heavy atom. The molecule has 3 atom stereocenters. The number of alkyl carbamates (subject to hydrolysis) is 1. The topological polar surface area (TPSA) is 93.2 Å². The smallest absolute Gasteiger partial charge is 0.410 e. The number of ether oxygens (including phenoxy) is 3. The SMILES string of the molecule is CC(C)(C)OC(=O)N1C2CCC1CN(c1ncc3c(c1F)OCC(NC(=O)OCc1ccccc1)C3)C2. The van der Waals surface area contributed by atoms with E-state index in [0.717, 1.165) is 18.4 Å². The van der Waals surface area contributed by atoms with Gasteiger partial charge in [0.1, 0.15) is 18.8 Å². The third kappa shape index (κ3) is 5.57. The lowest BCUT2D eigenvalue weighted by molar-refractivity contribution is 0.0122. The first kappa shape index (κ1) is 25.1. The molecule has 9 nitrogen and oxygen atoms in total. The second-order valence-electron chi connectivity index (χ2n) is 10.8. The molecule has 0 saturated carbocycles. The van der Waals surface area contributed by atoms with Crippen molar-refractivity contribution < 1.29 is 28.2 Å². The highest BCUT2D eigenvalue weighted by Gasteiger charge is 2.45. The Morgan fingerprint density at radius 2 is 1.86 bits per heavy atom. The summed E-state index contributed by atoms with van der Waals surface area (Å²) in [7, 11) is 0. The summed E-state index contributed by atoms with van der Waals surface area (Å²) in [5.74, 6) is -0.108. The highest BCUT2D eigenvalue weighted by molar-refractivity contribution is 5.70. The summed E-state index contributed by atoms with van der Waals surface area (Å²) < 4.78 is 32.2. The number of anilines is 1. The average molecular weight is 513 g/mol. The first-order valence-corrected chi connectivity index (χ1v) is 12.7. The van der Waals surface area contributed by atoms with Gasteiger partial charge in [0.05, 0.1) is 18.1 Å². The summed E-state index contributed by atoms with van der Waals surface area (Å²) >= 11 is 0. The van der Waals surface area contributed by atoms with Crippen molar-refractivity contribution in [1.29, 1.82) is 0 Å². The molecule has 4 heterocycles. The number of hydrogen-bond acceptors (Lipinski definition) is 7. The maximum absolute atomic E-state index is 15.5. The van der Waals surface area contributed by atoms with Crippen LogP contribution in [0.2, 0.25) is 0 Å². The van der Waals surface area contributed by atoms with Gasteiger partial charge in [-0.3, -0.25) is 4.90 Å². The van der Waals surface area contributed by atoms with Gasteiger partial charge in [0.2, 0.25) is 5.82 Å². The highest BCUT2D eigenvalue weighted by atomic mass is 19.1. The van der Waals surface area contributed by atoms with Gasteiger partial charge in [-0.25, -0.2) is 14.6 Å². The van der Waals surface area contributed by atoms with E-state index in [1.54, 1.807) is 6.20 Å². The van der Waals surface area contributed by atoms with Gasteiger partial charge in [-0.1, -0.05) is 30.3 Å². The van der Waals surface area contributed by atoms with Crippen molar-refractivity contribution in [3.8, 4) is 5.75 Å². The number of hydrogen-bond donors (Lipinski definition) is 1. The first-order valence-electron chi connectivity index (χ1n) is 12.7. The Balaban J connectivity index is 1.20. The van der Waals surface area contributed by atoms with Crippen LogP contribution in [-0.4, -0.2) is 65.5 Å². The van der Waals surface area contributed by atoms with Gasteiger partial charge < -0.3 is 24.4 Å². The van der Waals surface area contributed by atoms with Crippen molar-refractivity contribution in [1.82, 2.24) is 15.2 Å². The predicted molar refractivity (Wildman–Crippen MR) is 134 cm³/mol. The quantitative estimate of drug-likeness (QED) is 0.661. The number of rotatable bonds is 4. The number of piperazine rings is 1. The normalized spacial score (nSPS) is 22.6. The number of amides is 2. The summed E-state index contributed by atoms with van der Waals surface area (Å²) in [6, 6.07) is 8.95.